The van der Waals surface area contributed by atoms with Crippen molar-refractivity contribution < 1.29 is 14.3 Å². The molecule has 1 heterocycles. The Labute approximate surface area is 147 Å². The molecule has 0 atom stereocenters. The third-order valence-corrected chi connectivity index (χ3v) is 4.65. The summed E-state index contributed by atoms with van der Waals surface area (Å²) in [6.45, 7) is 2.38. The third kappa shape index (κ3) is 4.87. The number of hydrogen-bond acceptors (Lipinski definition) is 5. The quantitative estimate of drug-likeness (QED) is 0.443. The van der Waals surface area contributed by atoms with E-state index < -0.39 is 11.7 Å². The smallest absolute Gasteiger partial charge is 0.292 e. The number of halogens is 1. The standard InChI is InChI=1S/C16H17BrN2O3S/c1-10-9-23-14(19-10)4-3-7-18-16(21)15(20)12-8-11(17)5-6-13(12)22-2/h5-6,8-9H,3-4,7H2,1-2H3,(H,18,21). The maximum atomic E-state index is 12.2. The summed E-state index contributed by atoms with van der Waals surface area (Å²) in [6.07, 6.45) is 1.52. The number of thiazole rings is 1. The fourth-order valence-electron chi connectivity index (χ4n) is 2.02. The van der Waals surface area contributed by atoms with Crippen LogP contribution in [0.25, 0.3) is 0 Å². The second kappa shape index (κ2) is 8.21. The van der Waals surface area contributed by atoms with Crippen molar-refractivity contribution in [2.45, 2.75) is 19.8 Å². The highest BCUT2D eigenvalue weighted by atomic mass is 79.9. The van der Waals surface area contributed by atoms with E-state index in [-0.39, 0.29) is 5.56 Å². The number of methoxy groups -OCH3 is 1. The van der Waals surface area contributed by atoms with Crippen LogP contribution in [-0.4, -0.2) is 30.3 Å². The van der Waals surface area contributed by atoms with Crippen LogP contribution in [0, 0.1) is 6.92 Å². The van der Waals surface area contributed by atoms with Crippen LogP contribution in [0.4, 0.5) is 0 Å². The molecule has 0 saturated carbocycles. The second-order valence-electron chi connectivity index (χ2n) is 4.92. The number of carbonyl (C=O) groups excluding carboxylic acids is 2. The fourth-order valence-corrected chi connectivity index (χ4v) is 3.20. The molecular formula is C16H17BrN2O3S. The number of nitrogens with one attached hydrogen (secondary N) is 1. The Hall–Kier alpha value is -1.73. The van der Waals surface area contributed by atoms with Crippen molar-refractivity contribution in [1.29, 1.82) is 0 Å². The first kappa shape index (κ1) is 17.6. The summed E-state index contributed by atoms with van der Waals surface area (Å²) in [5, 5.41) is 5.68. The minimum absolute atomic E-state index is 0.245. The molecule has 7 heteroatoms. The van der Waals surface area contributed by atoms with Crippen molar-refractivity contribution in [1.82, 2.24) is 10.3 Å². The minimum Gasteiger partial charge on any atom is -0.496 e. The Balaban J connectivity index is 1.88. The summed E-state index contributed by atoms with van der Waals surface area (Å²) in [6, 6.07) is 4.98. The highest BCUT2D eigenvalue weighted by Gasteiger charge is 2.20. The van der Waals surface area contributed by atoms with Crippen LogP contribution in [-0.2, 0) is 11.2 Å². The topological polar surface area (TPSA) is 68.3 Å². The molecule has 122 valence electrons. The molecule has 0 aliphatic heterocycles. The number of hydrogen-bond donors (Lipinski definition) is 1. The van der Waals surface area contributed by atoms with Crippen molar-refractivity contribution in [3.63, 3.8) is 0 Å². The van der Waals surface area contributed by atoms with Gasteiger partial charge in [0.1, 0.15) is 5.75 Å². The molecule has 0 fully saturated rings. The summed E-state index contributed by atoms with van der Waals surface area (Å²) in [7, 11) is 1.47. The summed E-state index contributed by atoms with van der Waals surface area (Å²) in [5.41, 5.74) is 1.25. The molecule has 0 radical (unpaired) electrons. The van der Waals surface area contributed by atoms with Gasteiger partial charge in [-0.3, -0.25) is 9.59 Å². The first-order valence-corrected chi connectivity index (χ1v) is 8.75. The van der Waals surface area contributed by atoms with Gasteiger partial charge in [0.25, 0.3) is 11.7 Å². The lowest BCUT2D eigenvalue weighted by atomic mass is 10.1. The summed E-state index contributed by atoms with van der Waals surface area (Å²) in [5.74, 6) is -0.850. The van der Waals surface area contributed by atoms with E-state index in [9.17, 15) is 9.59 Å². The van der Waals surface area contributed by atoms with E-state index in [1.807, 2.05) is 12.3 Å². The Morgan fingerprint density at radius 1 is 1.39 bits per heavy atom. The van der Waals surface area contributed by atoms with Gasteiger partial charge in [-0.1, -0.05) is 15.9 Å². The number of amides is 1. The van der Waals surface area contributed by atoms with E-state index in [1.54, 1.807) is 29.5 Å². The third-order valence-electron chi connectivity index (χ3n) is 3.13. The fraction of sp³-hybridized carbons (Fsp3) is 0.312. The highest BCUT2D eigenvalue weighted by molar-refractivity contribution is 9.10. The van der Waals surface area contributed by atoms with Crippen molar-refractivity contribution in [2.24, 2.45) is 0 Å². The predicted molar refractivity (Wildman–Crippen MR) is 93.2 cm³/mol. The lowest BCUT2D eigenvalue weighted by molar-refractivity contribution is -0.117. The van der Waals surface area contributed by atoms with Crippen LogP contribution in [0.1, 0.15) is 27.5 Å². The first-order valence-electron chi connectivity index (χ1n) is 7.08. The normalized spacial score (nSPS) is 10.4. The van der Waals surface area contributed by atoms with Crippen LogP contribution in [0.15, 0.2) is 28.1 Å². The molecule has 5 nitrogen and oxygen atoms in total. The number of ketones is 1. The maximum Gasteiger partial charge on any atom is 0.292 e. The zero-order valence-electron chi connectivity index (χ0n) is 12.9. The van der Waals surface area contributed by atoms with E-state index in [4.69, 9.17) is 4.74 Å². The first-order chi connectivity index (χ1) is 11.0. The maximum absolute atomic E-state index is 12.2. The molecule has 2 aromatic rings. The number of ether oxygens (including phenoxy) is 1. The Kier molecular flexibility index (Phi) is 6.29. The molecule has 1 aromatic heterocycles. The van der Waals surface area contributed by atoms with E-state index in [0.717, 1.165) is 23.5 Å². The number of nitrogens with zero attached hydrogens (tertiary/aromatic N) is 1. The zero-order chi connectivity index (χ0) is 16.8. The monoisotopic (exact) mass is 396 g/mol. The van der Waals surface area contributed by atoms with Crippen LogP contribution in [0.2, 0.25) is 0 Å². The van der Waals surface area contributed by atoms with Crippen molar-refractivity contribution in [3.05, 3.63) is 44.3 Å². The average Bonchev–Trinajstić information content (AvgIpc) is 2.96. The van der Waals surface area contributed by atoms with Gasteiger partial charge in [-0.15, -0.1) is 11.3 Å². The molecule has 0 aliphatic rings. The van der Waals surface area contributed by atoms with Gasteiger partial charge in [0.2, 0.25) is 0 Å². The molecule has 0 spiro atoms. The second-order valence-corrected chi connectivity index (χ2v) is 6.77. The molecule has 0 bridgehead atoms. The van der Waals surface area contributed by atoms with Crippen LogP contribution >= 0.6 is 27.3 Å². The number of rotatable bonds is 7. The van der Waals surface area contributed by atoms with Crippen molar-refractivity contribution >= 4 is 39.0 Å². The Morgan fingerprint density at radius 3 is 2.83 bits per heavy atom. The molecule has 0 unspecified atom stereocenters. The average molecular weight is 397 g/mol. The number of aryl methyl sites for hydroxylation is 2. The van der Waals surface area contributed by atoms with E-state index in [1.165, 1.54) is 7.11 Å². The van der Waals surface area contributed by atoms with Gasteiger partial charge in [-0.25, -0.2) is 4.98 Å². The molecule has 1 N–H and O–H groups in total. The highest BCUT2D eigenvalue weighted by Crippen LogP contribution is 2.23. The van der Waals surface area contributed by atoms with Crippen molar-refractivity contribution in [3.8, 4) is 5.75 Å². The summed E-state index contributed by atoms with van der Waals surface area (Å²) >= 11 is 4.89. The van der Waals surface area contributed by atoms with E-state index in [2.05, 4.69) is 26.2 Å². The Bertz CT molecular complexity index is 715. The predicted octanol–water partition coefficient (Wildman–Crippen LogP) is 3.15. The minimum atomic E-state index is -0.628. The van der Waals surface area contributed by atoms with Gasteiger partial charge in [0, 0.05) is 28.5 Å². The molecule has 0 aliphatic carbocycles. The molecule has 1 amide bonds. The van der Waals surface area contributed by atoms with Gasteiger partial charge in [0.05, 0.1) is 17.7 Å². The number of carbonyl (C=O) groups is 2. The number of benzene rings is 1. The van der Waals surface area contributed by atoms with Crippen LogP contribution < -0.4 is 10.1 Å². The van der Waals surface area contributed by atoms with Crippen LogP contribution in [0.5, 0.6) is 5.75 Å². The Morgan fingerprint density at radius 2 is 2.17 bits per heavy atom. The number of aromatic nitrogens is 1. The van der Waals surface area contributed by atoms with Crippen molar-refractivity contribution in [2.75, 3.05) is 13.7 Å². The lowest BCUT2D eigenvalue weighted by Crippen LogP contribution is -2.32. The lowest BCUT2D eigenvalue weighted by Gasteiger charge is -2.08. The molecule has 2 rings (SSSR count). The number of Topliss-reactive ketones (excluding diaryl/α,β-unsaturated/α-hetero) is 1. The molecule has 23 heavy (non-hydrogen) atoms. The molecule has 0 saturated heterocycles. The van der Waals surface area contributed by atoms with Gasteiger partial charge in [-0.05, 0) is 31.5 Å². The van der Waals surface area contributed by atoms with Crippen LogP contribution in [0.3, 0.4) is 0 Å². The summed E-state index contributed by atoms with van der Waals surface area (Å²) < 4.78 is 5.85. The van der Waals surface area contributed by atoms with Gasteiger partial charge in [-0.2, -0.15) is 0 Å². The molecular weight excluding hydrogens is 380 g/mol. The summed E-state index contributed by atoms with van der Waals surface area (Å²) in [4.78, 5) is 28.6. The zero-order valence-corrected chi connectivity index (χ0v) is 15.3. The van der Waals surface area contributed by atoms with Gasteiger partial charge < -0.3 is 10.1 Å². The largest absolute Gasteiger partial charge is 0.496 e. The van der Waals surface area contributed by atoms with E-state index >= 15 is 0 Å². The molecule has 1 aromatic carbocycles. The van der Waals surface area contributed by atoms with E-state index in [0.29, 0.717) is 16.8 Å². The van der Waals surface area contributed by atoms with Gasteiger partial charge in [0.15, 0.2) is 0 Å². The van der Waals surface area contributed by atoms with Gasteiger partial charge >= 0.3 is 0 Å². The SMILES string of the molecule is COc1ccc(Br)cc1C(=O)C(=O)NCCCc1nc(C)cs1.